The van der Waals surface area contributed by atoms with Gasteiger partial charge in [0, 0.05) is 27.5 Å². The molecule has 2 aromatic heterocycles. The van der Waals surface area contributed by atoms with Crippen LogP contribution in [0.25, 0.3) is 22.2 Å². The average molecular weight is 264 g/mol. The van der Waals surface area contributed by atoms with E-state index in [2.05, 4.69) is 27.9 Å². The summed E-state index contributed by atoms with van der Waals surface area (Å²) in [5.74, 6) is 0.704. The van der Waals surface area contributed by atoms with Gasteiger partial charge in [0.05, 0.1) is 12.1 Å². The molecule has 4 heteroatoms. The monoisotopic (exact) mass is 263 g/mol. The number of hydrogen-bond donors (Lipinski definition) is 1. The van der Waals surface area contributed by atoms with E-state index >= 15 is 0 Å². The van der Waals surface area contributed by atoms with Crippen LogP contribution in [0.15, 0.2) is 35.0 Å². The summed E-state index contributed by atoms with van der Waals surface area (Å²) in [5, 5.41) is 5.91. The lowest BCUT2D eigenvalue weighted by atomic mass is 10.2. The standard InChI is InChI=1S/C13H10ClNOS/c1-16-13-5-9-4-11(8-2-3-17-7-8)15-12(9)6-10(13)14/h2-7,15H,1H3. The number of nitrogens with one attached hydrogen (secondary N) is 1. The molecule has 0 aliphatic rings. The first-order valence-corrected chi connectivity index (χ1v) is 6.49. The van der Waals surface area contributed by atoms with Crippen molar-refractivity contribution < 1.29 is 4.74 Å². The largest absolute Gasteiger partial charge is 0.495 e. The SMILES string of the molecule is COc1cc2cc(-c3ccsc3)[nH]c2cc1Cl. The Hall–Kier alpha value is -1.45. The lowest BCUT2D eigenvalue weighted by Gasteiger charge is -2.01. The Balaban J connectivity index is 2.19. The molecule has 0 bridgehead atoms. The zero-order valence-electron chi connectivity index (χ0n) is 9.16. The second-order valence-electron chi connectivity index (χ2n) is 3.77. The molecular weight excluding hydrogens is 254 g/mol. The van der Waals surface area contributed by atoms with Gasteiger partial charge in [0.2, 0.25) is 0 Å². The number of aromatic nitrogens is 1. The van der Waals surface area contributed by atoms with E-state index < -0.39 is 0 Å². The molecule has 2 nitrogen and oxygen atoms in total. The van der Waals surface area contributed by atoms with Crippen LogP contribution in [0.1, 0.15) is 0 Å². The Labute approximate surface area is 108 Å². The molecule has 3 aromatic rings. The highest BCUT2D eigenvalue weighted by Gasteiger charge is 2.07. The number of aromatic amines is 1. The van der Waals surface area contributed by atoms with E-state index in [4.69, 9.17) is 16.3 Å². The van der Waals surface area contributed by atoms with Crippen molar-refractivity contribution in [2.75, 3.05) is 7.11 Å². The second kappa shape index (κ2) is 4.09. The number of halogens is 1. The van der Waals surface area contributed by atoms with Crippen LogP contribution >= 0.6 is 22.9 Å². The van der Waals surface area contributed by atoms with E-state index in [1.807, 2.05) is 12.1 Å². The topological polar surface area (TPSA) is 25.0 Å². The summed E-state index contributed by atoms with van der Waals surface area (Å²) in [6, 6.07) is 8.04. The molecule has 3 rings (SSSR count). The van der Waals surface area contributed by atoms with Crippen molar-refractivity contribution in [3.8, 4) is 17.0 Å². The van der Waals surface area contributed by atoms with E-state index in [0.29, 0.717) is 10.8 Å². The van der Waals surface area contributed by atoms with E-state index in [0.717, 1.165) is 16.6 Å². The van der Waals surface area contributed by atoms with Crippen molar-refractivity contribution in [1.29, 1.82) is 0 Å². The van der Waals surface area contributed by atoms with E-state index in [-0.39, 0.29) is 0 Å². The number of H-pyrrole nitrogens is 1. The normalized spacial score (nSPS) is 10.9. The summed E-state index contributed by atoms with van der Waals surface area (Å²) in [5.41, 5.74) is 3.32. The van der Waals surface area contributed by atoms with Crippen molar-refractivity contribution in [2.24, 2.45) is 0 Å². The molecule has 0 saturated carbocycles. The Bertz CT molecular complexity index is 657. The van der Waals surface area contributed by atoms with Crippen LogP contribution in [0.2, 0.25) is 5.02 Å². The first kappa shape index (κ1) is 10.7. The fraction of sp³-hybridized carbons (Fsp3) is 0.0769. The summed E-state index contributed by atoms with van der Waals surface area (Å²) in [6.07, 6.45) is 0. The molecule has 0 saturated heterocycles. The highest BCUT2D eigenvalue weighted by atomic mass is 35.5. The maximum absolute atomic E-state index is 6.09. The first-order chi connectivity index (χ1) is 8.28. The summed E-state index contributed by atoms with van der Waals surface area (Å²) in [7, 11) is 1.62. The van der Waals surface area contributed by atoms with Gasteiger partial charge in [-0.15, -0.1) is 0 Å². The van der Waals surface area contributed by atoms with Gasteiger partial charge in [-0.25, -0.2) is 0 Å². The van der Waals surface area contributed by atoms with Gasteiger partial charge in [-0.05, 0) is 29.6 Å². The van der Waals surface area contributed by atoms with Crippen molar-refractivity contribution in [1.82, 2.24) is 4.98 Å². The fourth-order valence-corrected chi connectivity index (χ4v) is 2.76. The maximum Gasteiger partial charge on any atom is 0.138 e. The number of methoxy groups -OCH3 is 1. The molecular formula is C13H10ClNOS. The van der Waals surface area contributed by atoms with Crippen LogP contribution in [0.5, 0.6) is 5.75 Å². The average Bonchev–Trinajstić information content (AvgIpc) is 2.95. The number of ether oxygens (including phenoxy) is 1. The third kappa shape index (κ3) is 1.81. The summed E-state index contributed by atoms with van der Waals surface area (Å²) in [6.45, 7) is 0. The zero-order chi connectivity index (χ0) is 11.8. The van der Waals surface area contributed by atoms with Crippen LogP contribution in [0.3, 0.4) is 0 Å². The van der Waals surface area contributed by atoms with Gasteiger partial charge < -0.3 is 9.72 Å². The van der Waals surface area contributed by atoms with Crippen LogP contribution in [0, 0.1) is 0 Å². The lowest BCUT2D eigenvalue weighted by Crippen LogP contribution is -1.83. The molecule has 1 aromatic carbocycles. The minimum absolute atomic E-state index is 0.624. The highest BCUT2D eigenvalue weighted by molar-refractivity contribution is 7.08. The minimum Gasteiger partial charge on any atom is -0.495 e. The smallest absolute Gasteiger partial charge is 0.138 e. The number of fused-ring (bicyclic) bond motifs is 1. The molecule has 0 aliphatic heterocycles. The predicted molar refractivity (Wildman–Crippen MR) is 73.2 cm³/mol. The number of rotatable bonds is 2. The third-order valence-corrected chi connectivity index (χ3v) is 3.70. The zero-order valence-corrected chi connectivity index (χ0v) is 10.7. The molecule has 0 spiro atoms. The van der Waals surface area contributed by atoms with Gasteiger partial charge in [-0.1, -0.05) is 11.6 Å². The second-order valence-corrected chi connectivity index (χ2v) is 4.96. The van der Waals surface area contributed by atoms with Gasteiger partial charge in [0.1, 0.15) is 5.75 Å². The third-order valence-electron chi connectivity index (χ3n) is 2.73. The Morgan fingerprint density at radius 3 is 2.88 bits per heavy atom. The molecule has 1 N–H and O–H groups in total. The van der Waals surface area contributed by atoms with Crippen LogP contribution in [-0.4, -0.2) is 12.1 Å². The van der Waals surface area contributed by atoms with E-state index in [1.165, 1.54) is 5.56 Å². The number of thiophene rings is 1. The van der Waals surface area contributed by atoms with Crippen LogP contribution in [0.4, 0.5) is 0 Å². The lowest BCUT2D eigenvalue weighted by molar-refractivity contribution is 0.415. The fourth-order valence-electron chi connectivity index (χ4n) is 1.86. The number of benzene rings is 1. The van der Waals surface area contributed by atoms with Gasteiger partial charge in [0.25, 0.3) is 0 Å². The molecule has 0 amide bonds. The molecule has 0 fully saturated rings. The van der Waals surface area contributed by atoms with Crippen molar-refractivity contribution in [3.05, 3.63) is 40.0 Å². The molecule has 17 heavy (non-hydrogen) atoms. The van der Waals surface area contributed by atoms with Crippen molar-refractivity contribution >= 4 is 33.8 Å². The van der Waals surface area contributed by atoms with Crippen molar-refractivity contribution in [2.45, 2.75) is 0 Å². The number of hydrogen-bond acceptors (Lipinski definition) is 2. The molecule has 0 radical (unpaired) electrons. The first-order valence-electron chi connectivity index (χ1n) is 5.17. The van der Waals surface area contributed by atoms with E-state index in [1.54, 1.807) is 18.4 Å². The molecule has 2 heterocycles. The Morgan fingerprint density at radius 2 is 2.18 bits per heavy atom. The van der Waals surface area contributed by atoms with Crippen LogP contribution in [-0.2, 0) is 0 Å². The molecule has 86 valence electrons. The van der Waals surface area contributed by atoms with Crippen molar-refractivity contribution in [3.63, 3.8) is 0 Å². The molecule has 0 aliphatic carbocycles. The maximum atomic E-state index is 6.09. The highest BCUT2D eigenvalue weighted by Crippen LogP contribution is 2.32. The quantitative estimate of drug-likeness (QED) is 0.720. The molecule has 0 atom stereocenters. The van der Waals surface area contributed by atoms with Crippen LogP contribution < -0.4 is 4.74 Å². The molecule has 0 unspecified atom stereocenters. The van der Waals surface area contributed by atoms with Gasteiger partial charge in [-0.3, -0.25) is 0 Å². The summed E-state index contributed by atoms with van der Waals surface area (Å²) >= 11 is 7.78. The predicted octanol–water partition coefficient (Wildman–Crippen LogP) is 4.56. The van der Waals surface area contributed by atoms with Gasteiger partial charge >= 0.3 is 0 Å². The minimum atomic E-state index is 0.624. The summed E-state index contributed by atoms with van der Waals surface area (Å²) in [4.78, 5) is 3.36. The van der Waals surface area contributed by atoms with Gasteiger partial charge in [0.15, 0.2) is 0 Å². The van der Waals surface area contributed by atoms with E-state index in [9.17, 15) is 0 Å². The Morgan fingerprint density at radius 1 is 1.29 bits per heavy atom. The summed E-state index contributed by atoms with van der Waals surface area (Å²) < 4.78 is 5.21. The van der Waals surface area contributed by atoms with Gasteiger partial charge in [-0.2, -0.15) is 11.3 Å². The Kier molecular flexibility index (Phi) is 2.57.